The van der Waals surface area contributed by atoms with Gasteiger partial charge in [-0.25, -0.2) is 0 Å². The van der Waals surface area contributed by atoms with Crippen LogP contribution in [0.5, 0.6) is 0 Å². The quantitative estimate of drug-likeness (QED) is 0.569. The number of nitrogens with one attached hydrogen (secondary N) is 2. The highest BCUT2D eigenvalue weighted by molar-refractivity contribution is 5.94. The van der Waals surface area contributed by atoms with Crippen LogP contribution in [0.4, 0.5) is 13.2 Å². The third-order valence-electron chi connectivity index (χ3n) is 4.28. The first-order chi connectivity index (χ1) is 13.7. The first-order valence-corrected chi connectivity index (χ1v) is 9.19. The molecule has 0 aliphatic rings. The fraction of sp³-hybridized carbons (Fsp3) is 0.333. The molecule has 0 aromatic heterocycles. The Balaban J connectivity index is 1.93. The molecule has 2 N–H and O–H groups in total. The number of halogens is 3. The second-order valence-electron chi connectivity index (χ2n) is 6.51. The Kier molecular flexibility index (Phi) is 7.64. The van der Waals surface area contributed by atoms with Crippen LogP contribution in [0.2, 0.25) is 0 Å². The number of rotatable bonds is 6. The van der Waals surface area contributed by atoms with E-state index >= 15 is 0 Å². The minimum atomic E-state index is -4.34. The van der Waals surface area contributed by atoms with E-state index in [1.54, 1.807) is 19.2 Å². The van der Waals surface area contributed by atoms with Gasteiger partial charge in [-0.1, -0.05) is 24.3 Å². The van der Waals surface area contributed by atoms with Crippen molar-refractivity contribution in [1.29, 1.82) is 0 Å². The largest absolute Gasteiger partial charge is 0.416 e. The molecule has 5 nitrogen and oxygen atoms in total. The van der Waals surface area contributed by atoms with Gasteiger partial charge >= 0.3 is 6.18 Å². The second kappa shape index (κ2) is 9.95. The molecule has 0 spiro atoms. The van der Waals surface area contributed by atoms with Crippen LogP contribution < -0.4 is 10.6 Å². The predicted octanol–water partition coefficient (Wildman–Crippen LogP) is 3.66. The smallest absolute Gasteiger partial charge is 0.352 e. The van der Waals surface area contributed by atoms with E-state index in [9.17, 15) is 18.0 Å². The fourth-order valence-electron chi connectivity index (χ4n) is 2.75. The van der Waals surface area contributed by atoms with Crippen LogP contribution in [0, 0.1) is 0 Å². The molecule has 0 bridgehead atoms. The summed E-state index contributed by atoms with van der Waals surface area (Å²) in [5.41, 5.74) is 1.65. The van der Waals surface area contributed by atoms with Crippen LogP contribution >= 0.6 is 0 Å². The van der Waals surface area contributed by atoms with Crippen molar-refractivity contribution in [3.05, 3.63) is 70.8 Å². The molecule has 0 atom stereocenters. The molecule has 0 radical (unpaired) electrons. The summed E-state index contributed by atoms with van der Waals surface area (Å²) in [6, 6.07) is 12.3. The van der Waals surface area contributed by atoms with Gasteiger partial charge in [0.25, 0.3) is 5.91 Å². The standard InChI is InChI=1S/C21H25F3N4O/c1-4-26-19(29)17-9-5-15(6-10-17)13-27-20(25-2)28(3)14-16-7-11-18(12-8-16)21(22,23)24/h5-12H,4,13-14H2,1-3H3,(H,25,27)(H,26,29). The van der Waals surface area contributed by atoms with E-state index in [1.165, 1.54) is 12.1 Å². The number of carbonyl (C=O) groups excluding carboxylic acids is 1. The van der Waals surface area contributed by atoms with Gasteiger partial charge in [0.1, 0.15) is 0 Å². The fourth-order valence-corrected chi connectivity index (χ4v) is 2.75. The maximum absolute atomic E-state index is 12.7. The molecule has 0 fully saturated rings. The van der Waals surface area contributed by atoms with Crippen molar-refractivity contribution in [1.82, 2.24) is 15.5 Å². The average Bonchev–Trinajstić information content (AvgIpc) is 2.69. The predicted molar refractivity (Wildman–Crippen MR) is 108 cm³/mol. The van der Waals surface area contributed by atoms with Crippen LogP contribution in [-0.4, -0.2) is 37.4 Å². The maximum Gasteiger partial charge on any atom is 0.416 e. The molecule has 2 rings (SSSR count). The van der Waals surface area contributed by atoms with Crippen LogP contribution in [0.25, 0.3) is 0 Å². The summed E-state index contributed by atoms with van der Waals surface area (Å²) in [4.78, 5) is 17.8. The Morgan fingerprint density at radius 1 is 1.00 bits per heavy atom. The van der Waals surface area contributed by atoms with Crippen LogP contribution in [0.15, 0.2) is 53.5 Å². The van der Waals surface area contributed by atoms with Gasteiger partial charge in [-0.15, -0.1) is 0 Å². The van der Waals surface area contributed by atoms with E-state index < -0.39 is 11.7 Å². The first-order valence-electron chi connectivity index (χ1n) is 9.19. The first kappa shape index (κ1) is 22.3. The van der Waals surface area contributed by atoms with Gasteiger partial charge in [-0.2, -0.15) is 13.2 Å². The number of hydrogen-bond donors (Lipinski definition) is 2. The van der Waals surface area contributed by atoms with E-state index in [4.69, 9.17) is 0 Å². The lowest BCUT2D eigenvalue weighted by Gasteiger charge is -2.22. The summed E-state index contributed by atoms with van der Waals surface area (Å²) in [6.07, 6.45) is -4.34. The van der Waals surface area contributed by atoms with Gasteiger partial charge in [-0.05, 0) is 42.3 Å². The molecule has 8 heteroatoms. The molecule has 156 valence electrons. The third-order valence-corrected chi connectivity index (χ3v) is 4.28. The van der Waals surface area contributed by atoms with Crippen LogP contribution in [0.3, 0.4) is 0 Å². The lowest BCUT2D eigenvalue weighted by Crippen LogP contribution is -2.38. The molecule has 0 heterocycles. The highest BCUT2D eigenvalue weighted by Gasteiger charge is 2.29. The van der Waals surface area contributed by atoms with Gasteiger partial charge in [0.2, 0.25) is 0 Å². The third kappa shape index (κ3) is 6.51. The Hall–Kier alpha value is -3.03. The van der Waals surface area contributed by atoms with Crippen molar-refractivity contribution in [2.45, 2.75) is 26.2 Å². The zero-order valence-electron chi connectivity index (χ0n) is 16.7. The van der Waals surface area contributed by atoms with E-state index in [0.717, 1.165) is 23.3 Å². The normalized spacial score (nSPS) is 11.9. The van der Waals surface area contributed by atoms with Crippen LogP contribution in [0.1, 0.15) is 34.0 Å². The van der Waals surface area contributed by atoms with Crippen molar-refractivity contribution in [2.24, 2.45) is 4.99 Å². The summed E-state index contributed by atoms with van der Waals surface area (Å²) in [5.74, 6) is 0.497. The summed E-state index contributed by atoms with van der Waals surface area (Å²) in [7, 11) is 3.45. The topological polar surface area (TPSA) is 56.7 Å². The number of nitrogens with zero attached hydrogens (tertiary/aromatic N) is 2. The Morgan fingerprint density at radius 3 is 2.10 bits per heavy atom. The average molecular weight is 406 g/mol. The molecule has 0 aliphatic carbocycles. The molecule has 0 saturated carbocycles. The van der Waals surface area contributed by atoms with E-state index in [1.807, 2.05) is 31.0 Å². The number of guanidine groups is 1. The number of carbonyl (C=O) groups is 1. The van der Waals surface area contributed by atoms with Crippen molar-refractivity contribution >= 4 is 11.9 Å². The number of benzene rings is 2. The summed E-state index contributed by atoms with van der Waals surface area (Å²) < 4.78 is 38.0. The van der Waals surface area contributed by atoms with Crippen molar-refractivity contribution < 1.29 is 18.0 Å². The minimum absolute atomic E-state index is 0.112. The molecule has 29 heavy (non-hydrogen) atoms. The number of alkyl halides is 3. The van der Waals surface area contributed by atoms with Gasteiger partial charge < -0.3 is 15.5 Å². The highest BCUT2D eigenvalue weighted by atomic mass is 19.4. The molecular weight excluding hydrogens is 381 g/mol. The second-order valence-corrected chi connectivity index (χ2v) is 6.51. The lowest BCUT2D eigenvalue weighted by molar-refractivity contribution is -0.137. The van der Waals surface area contributed by atoms with E-state index in [2.05, 4.69) is 15.6 Å². The molecular formula is C21H25F3N4O. The molecule has 0 unspecified atom stereocenters. The summed E-state index contributed by atoms with van der Waals surface area (Å²) in [5, 5.41) is 5.96. The molecule has 2 aromatic carbocycles. The Morgan fingerprint density at radius 2 is 1.59 bits per heavy atom. The molecule has 0 aliphatic heterocycles. The highest BCUT2D eigenvalue weighted by Crippen LogP contribution is 2.29. The van der Waals surface area contributed by atoms with E-state index in [-0.39, 0.29) is 5.91 Å². The van der Waals surface area contributed by atoms with Gasteiger partial charge in [0, 0.05) is 39.3 Å². The van der Waals surface area contributed by atoms with Gasteiger partial charge in [-0.3, -0.25) is 9.79 Å². The Labute approximate surface area is 168 Å². The maximum atomic E-state index is 12.7. The van der Waals surface area contributed by atoms with Crippen molar-refractivity contribution in [3.8, 4) is 0 Å². The Bertz CT molecular complexity index is 830. The SMILES string of the molecule is CCNC(=O)c1ccc(CNC(=NC)N(C)Cc2ccc(C(F)(F)F)cc2)cc1. The summed E-state index contributed by atoms with van der Waals surface area (Å²) in [6.45, 7) is 3.35. The number of aliphatic imine (C=N–C) groups is 1. The van der Waals surface area contributed by atoms with Gasteiger partial charge in [0.15, 0.2) is 5.96 Å². The number of amides is 1. The van der Waals surface area contributed by atoms with Crippen LogP contribution in [-0.2, 0) is 19.3 Å². The number of hydrogen-bond acceptors (Lipinski definition) is 2. The molecule has 0 saturated heterocycles. The van der Waals surface area contributed by atoms with E-state index in [0.29, 0.717) is 31.2 Å². The van der Waals surface area contributed by atoms with Crippen molar-refractivity contribution in [2.75, 3.05) is 20.6 Å². The lowest BCUT2D eigenvalue weighted by atomic mass is 10.1. The zero-order valence-corrected chi connectivity index (χ0v) is 16.7. The monoisotopic (exact) mass is 406 g/mol. The zero-order chi connectivity index (χ0) is 21.4. The van der Waals surface area contributed by atoms with Gasteiger partial charge in [0.05, 0.1) is 5.56 Å². The molecule has 2 aromatic rings. The van der Waals surface area contributed by atoms with Crippen molar-refractivity contribution in [3.63, 3.8) is 0 Å². The minimum Gasteiger partial charge on any atom is -0.352 e. The summed E-state index contributed by atoms with van der Waals surface area (Å²) >= 11 is 0. The molecule has 1 amide bonds.